The Balaban J connectivity index is 1.36. The normalized spacial score (nSPS) is 30.7. The number of nitrogens with one attached hydrogen (secondary N) is 1. The number of hydrogen-bond acceptors (Lipinski definition) is 12. The van der Waals surface area contributed by atoms with Gasteiger partial charge in [-0.1, -0.05) is 129 Å². The summed E-state index contributed by atoms with van der Waals surface area (Å²) < 4.78 is 56.9. The highest BCUT2D eigenvalue weighted by molar-refractivity contribution is 6.74. The maximum atomic E-state index is 15.9. The number of carbonyl (C=O) groups excluding carboxylic acids is 4. The first-order valence-electron chi connectivity index (χ1n) is 27.3. The number of benzene rings is 3. The average Bonchev–Trinajstić information content (AvgIpc) is 3.35. The van der Waals surface area contributed by atoms with Gasteiger partial charge in [-0.3, -0.25) is 9.59 Å². The van der Waals surface area contributed by atoms with Gasteiger partial charge in [-0.05, 0) is 110 Å². The van der Waals surface area contributed by atoms with Crippen LogP contribution < -0.4 is 5.32 Å². The molecule has 0 radical (unpaired) electrons. The second-order valence-corrected chi connectivity index (χ2v) is 34.1. The van der Waals surface area contributed by atoms with Crippen molar-refractivity contribution in [1.82, 2.24) is 5.32 Å². The summed E-state index contributed by atoms with van der Waals surface area (Å²) in [6, 6.07) is 28.8. The van der Waals surface area contributed by atoms with Crippen molar-refractivity contribution in [1.29, 1.82) is 0 Å². The van der Waals surface area contributed by atoms with Crippen LogP contribution >= 0.6 is 0 Å². The zero-order chi connectivity index (χ0) is 54.7. The van der Waals surface area contributed by atoms with Crippen molar-refractivity contribution in [2.45, 2.75) is 199 Å². The van der Waals surface area contributed by atoms with E-state index in [0.717, 1.165) is 29.3 Å². The van der Waals surface area contributed by atoms with Crippen molar-refractivity contribution in [2.75, 3.05) is 6.61 Å². The van der Waals surface area contributed by atoms with Crippen LogP contribution in [0.5, 0.6) is 0 Å². The van der Waals surface area contributed by atoms with Gasteiger partial charge in [0.05, 0.1) is 42.4 Å². The minimum absolute atomic E-state index is 0.0676. The molecule has 0 spiro atoms. The highest BCUT2D eigenvalue weighted by Gasteiger charge is 2.78. The van der Waals surface area contributed by atoms with E-state index in [1.54, 1.807) is 48.5 Å². The van der Waals surface area contributed by atoms with Crippen molar-refractivity contribution in [3.63, 3.8) is 0 Å². The van der Waals surface area contributed by atoms with Gasteiger partial charge in [0.25, 0.3) is 5.91 Å². The highest BCUT2D eigenvalue weighted by Crippen LogP contribution is 2.67. The van der Waals surface area contributed by atoms with Crippen LogP contribution in [0.1, 0.15) is 135 Å². The lowest BCUT2D eigenvalue weighted by atomic mass is 9.45. The van der Waals surface area contributed by atoms with E-state index >= 15 is 4.79 Å². The van der Waals surface area contributed by atoms with E-state index in [9.17, 15) is 14.4 Å². The molecular formula is C60H83NO12Si2. The van der Waals surface area contributed by atoms with Crippen LogP contribution in [0.3, 0.4) is 0 Å². The van der Waals surface area contributed by atoms with Crippen molar-refractivity contribution >= 4 is 40.4 Å². The molecule has 2 heterocycles. The molecular weight excluding hydrogens is 983 g/mol. The average molecular weight is 1070 g/mol. The van der Waals surface area contributed by atoms with E-state index in [2.05, 4.69) is 80.7 Å². The number of rotatable bonds is 16. The first kappa shape index (κ1) is 56.7. The summed E-state index contributed by atoms with van der Waals surface area (Å²) in [7, 11) is -5.38. The lowest BCUT2D eigenvalue weighted by Gasteiger charge is -2.71. The second kappa shape index (κ2) is 21.0. The fourth-order valence-electron chi connectivity index (χ4n) is 13.2. The Kier molecular flexibility index (Phi) is 15.9. The van der Waals surface area contributed by atoms with E-state index in [4.69, 9.17) is 37.3 Å². The molecule has 2 aliphatic heterocycles. The Labute approximate surface area is 447 Å². The number of ether oxygens (including phenoxy) is 6. The Morgan fingerprint density at radius 2 is 1.35 bits per heavy atom. The Morgan fingerprint density at radius 3 is 1.88 bits per heavy atom. The van der Waals surface area contributed by atoms with E-state index in [1.165, 1.54) is 6.92 Å². The largest absolute Gasteiger partial charge is 0.458 e. The zero-order valence-corrected chi connectivity index (χ0v) is 49.1. The van der Waals surface area contributed by atoms with Crippen LogP contribution in [0.15, 0.2) is 102 Å². The molecule has 13 nitrogen and oxygen atoms in total. The number of hydrogen-bond donors (Lipinski definition) is 1. The number of carbonyl (C=O) groups is 4. The predicted octanol–water partition coefficient (Wildman–Crippen LogP) is 11.7. The van der Waals surface area contributed by atoms with Crippen LogP contribution in [-0.4, -0.2) is 101 Å². The minimum Gasteiger partial charge on any atom is -0.458 e. The minimum atomic E-state index is -2.82. The number of esters is 3. The maximum absolute atomic E-state index is 15.9. The summed E-state index contributed by atoms with van der Waals surface area (Å²) in [6.07, 6.45) is -5.12. The molecule has 3 aliphatic carbocycles. The summed E-state index contributed by atoms with van der Waals surface area (Å²) in [5, 5.41) is 2.87. The van der Waals surface area contributed by atoms with Gasteiger partial charge in [-0.15, -0.1) is 0 Å². The third-order valence-electron chi connectivity index (χ3n) is 18.5. The van der Waals surface area contributed by atoms with Gasteiger partial charge in [0.1, 0.15) is 18.3 Å². The molecule has 0 aromatic heterocycles. The topological polar surface area (TPSA) is 154 Å². The molecule has 12 atom stereocenters. The Morgan fingerprint density at radius 1 is 0.773 bits per heavy atom. The molecule has 8 rings (SSSR count). The molecule has 3 aromatic carbocycles. The van der Waals surface area contributed by atoms with Gasteiger partial charge >= 0.3 is 17.9 Å². The van der Waals surface area contributed by atoms with Crippen molar-refractivity contribution in [3.8, 4) is 0 Å². The van der Waals surface area contributed by atoms with Crippen molar-refractivity contribution < 1.29 is 56.5 Å². The fraction of sp³-hybridized carbons (Fsp3) is 0.600. The lowest BCUT2D eigenvalue weighted by Crippen LogP contribution is -2.82. The van der Waals surface area contributed by atoms with Gasteiger partial charge in [0.2, 0.25) is 0 Å². The Bertz CT molecular complexity index is 2590. The molecule has 4 fully saturated rings. The summed E-state index contributed by atoms with van der Waals surface area (Å²) in [4.78, 5) is 58.8. The van der Waals surface area contributed by atoms with Crippen LogP contribution in [0.2, 0.25) is 36.3 Å². The van der Waals surface area contributed by atoms with Crippen LogP contribution in [-0.2, 0) is 46.9 Å². The molecule has 3 aromatic rings. The molecule has 0 unspecified atom stereocenters. The molecule has 1 amide bonds. The molecule has 15 heteroatoms. The van der Waals surface area contributed by atoms with E-state index in [1.807, 2.05) is 63.2 Å². The van der Waals surface area contributed by atoms with Gasteiger partial charge in [0, 0.05) is 30.2 Å². The Hall–Kier alpha value is -4.49. The standard InChI is InChI=1S/C60H83NO12Si2/c1-16-75(17-2,18-3)73-49-46-37(4)43(67-55(65)50(72-74(14,15)56(6,7)8)47(39-28-22-19-23-29-39)61-53(63)40-30-24-20-25-31-40)34-42(57(46,9)10)48(68-54(64)41-32-26-21-27-33-41)51-59(13)44(70-58(11,12)71-52(49)59)35-45-60(51,36-66-45)69-38(5)62/h19-33,42-45,47-52H,16-18,34-36H2,1-15H3,(H,61,63)/t42-,43-,44-,45+,47-,48-,49+,50+,51-,52-,59+,60-/m0/s1. The monoisotopic (exact) mass is 1070 g/mol. The van der Waals surface area contributed by atoms with Crippen molar-refractivity contribution in [2.24, 2.45) is 22.7 Å². The number of amides is 1. The first-order valence-corrected chi connectivity index (χ1v) is 32.7. The highest BCUT2D eigenvalue weighted by atomic mass is 28.4. The third-order valence-corrected chi connectivity index (χ3v) is 27.6. The summed E-state index contributed by atoms with van der Waals surface area (Å²) >= 11 is 0. The fourth-order valence-corrected chi connectivity index (χ4v) is 17.2. The van der Waals surface area contributed by atoms with Gasteiger partial charge in [0.15, 0.2) is 34.1 Å². The maximum Gasteiger partial charge on any atom is 0.338 e. The molecule has 408 valence electrons. The van der Waals surface area contributed by atoms with Crippen LogP contribution in [0, 0.1) is 22.7 Å². The third kappa shape index (κ3) is 10.4. The SMILES string of the molecule is CC[Si](CC)(CC)O[C@@H]1C2=C(C)[C@@H](OC(=O)[C@H](O[Si](C)(C)C(C)(C)C)[C@@H](NC(=O)c3ccccc3)c3ccccc3)C[C@@H]([C@H](OC(=O)c3ccccc3)[C@@H]3[C@]4(OC(C)=O)CO[C@@H]4C[C@@H]4OC(C)(C)O[C@@H]1[C@]43C)C2(C)C. The predicted molar refractivity (Wildman–Crippen MR) is 292 cm³/mol. The van der Waals surface area contributed by atoms with Gasteiger partial charge < -0.3 is 42.6 Å². The van der Waals surface area contributed by atoms with E-state index < -0.39 is 117 Å². The van der Waals surface area contributed by atoms with Crippen molar-refractivity contribution in [3.05, 3.63) is 119 Å². The van der Waals surface area contributed by atoms with E-state index in [0.29, 0.717) is 23.1 Å². The first-order chi connectivity index (χ1) is 35.2. The molecule has 2 saturated carbocycles. The van der Waals surface area contributed by atoms with E-state index in [-0.39, 0.29) is 24.0 Å². The molecule has 75 heavy (non-hydrogen) atoms. The van der Waals surface area contributed by atoms with Crippen LogP contribution in [0.25, 0.3) is 0 Å². The quantitative estimate of drug-likeness (QED) is 0.0628. The number of fused-ring (bicyclic) bond motifs is 4. The molecule has 1 N–H and O–H groups in total. The van der Waals surface area contributed by atoms with Gasteiger partial charge in [-0.2, -0.15) is 0 Å². The zero-order valence-electron chi connectivity index (χ0n) is 47.1. The van der Waals surface area contributed by atoms with Crippen LogP contribution in [0.4, 0.5) is 0 Å². The summed E-state index contributed by atoms with van der Waals surface area (Å²) in [6.45, 7) is 31.0. The molecule has 2 saturated heterocycles. The second-order valence-electron chi connectivity index (χ2n) is 24.6. The summed E-state index contributed by atoms with van der Waals surface area (Å²) in [5.41, 5.74) is 0.0953. The summed E-state index contributed by atoms with van der Waals surface area (Å²) in [5.74, 6) is -4.50. The molecule has 2 bridgehead atoms. The smallest absolute Gasteiger partial charge is 0.338 e. The lowest BCUT2D eigenvalue weighted by molar-refractivity contribution is -0.424. The molecule has 5 aliphatic rings. The van der Waals surface area contributed by atoms with Gasteiger partial charge in [-0.25, -0.2) is 9.59 Å².